The molecular weight excluding hydrogens is 416 g/mol. The number of carbonyl (C=O) groups is 1. The number of guanidine groups is 1. The van der Waals surface area contributed by atoms with Crippen LogP contribution in [0.3, 0.4) is 0 Å². The van der Waals surface area contributed by atoms with Gasteiger partial charge in [-0.15, -0.1) is 0 Å². The van der Waals surface area contributed by atoms with Gasteiger partial charge in [-0.3, -0.25) is 14.5 Å². The fourth-order valence-corrected chi connectivity index (χ4v) is 3.48. The van der Waals surface area contributed by atoms with Crippen LogP contribution in [-0.2, 0) is 14.8 Å². The number of nitrogens with zero attached hydrogens (tertiary/aromatic N) is 3. The first kappa shape index (κ1) is 19.4. The van der Waals surface area contributed by atoms with Crippen molar-refractivity contribution in [3.05, 3.63) is 34.7 Å². The summed E-state index contributed by atoms with van der Waals surface area (Å²) < 4.78 is 78.8. The first-order valence-corrected chi connectivity index (χ1v) is 9.57. The Hall–Kier alpha value is -2.34. The van der Waals surface area contributed by atoms with Crippen LogP contribution in [0.25, 0.3) is 0 Å². The van der Waals surface area contributed by atoms with Gasteiger partial charge in [0.25, 0.3) is 5.91 Å². The summed E-state index contributed by atoms with van der Waals surface area (Å²) in [6.07, 6.45) is -3.63. The molecule has 0 fully saturated rings. The van der Waals surface area contributed by atoms with Crippen molar-refractivity contribution in [3.8, 4) is 0 Å². The summed E-state index contributed by atoms with van der Waals surface area (Å²) in [6.45, 7) is -0.176. The molecule has 0 spiro atoms. The molecule has 0 atom stereocenters. The van der Waals surface area contributed by atoms with E-state index in [4.69, 9.17) is 11.6 Å². The predicted octanol–water partition coefficient (Wildman–Crippen LogP) is 2.32. The highest BCUT2D eigenvalue weighted by molar-refractivity contribution is 7.92. The minimum absolute atomic E-state index is 0.0316. The lowest BCUT2D eigenvalue weighted by molar-refractivity contribution is -0.119. The van der Waals surface area contributed by atoms with E-state index < -0.39 is 45.3 Å². The SMILES string of the molecule is CS(=O)(=O)Nc1cc(N2C(=O)C=C(C(F)(F)F)N3CCN=C32)c(F)cc1Cl. The van der Waals surface area contributed by atoms with Crippen molar-refractivity contribution in [1.82, 2.24) is 4.90 Å². The number of fused-ring (bicyclic) bond motifs is 1. The number of anilines is 2. The molecule has 7 nitrogen and oxygen atoms in total. The Morgan fingerprint density at radius 2 is 1.96 bits per heavy atom. The molecule has 0 bridgehead atoms. The molecule has 1 aromatic rings. The topological polar surface area (TPSA) is 82.1 Å². The van der Waals surface area contributed by atoms with Crippen molar-refractivity contribution >= 4 is 44.9 Å². The second kappa shape index (κ2) is 6.37. The zero-order valence-corrected chi connectivity index (χ0v) is 15.1. The Morgan fingerprint density at radius 3 is 2.56 bits per heavy atom. The van der Waals surface area contributed by atoms with Crippen LogP contribution in [0.15, 0.2) is 28.9 Å². The van der Waals surface area contributed by atoms with Gasteiger partial charge in [-0.05, 0) is 12.1 Å². The van der Waals surface area contributed by atoms with Crippen molar-refractivity contribution in [2.45, 2.75) is 6.18 Å². The summed E-state index contributed by atoms with van der Waals surface area (Å²) in [7, 11) is -3.78. The van der Waals surface area contributed by atoms with E-state index in [1.165, 1.54) is 0 Å². The zero-order chi connectivity index (χ0) is 20.1. The van der Waals surface area contributed by atoms with Crippen LogP contribution >= 0.6 is 11.6 Å². The van der Waals surface area contributed by atoms with Crippen LogP contribution < -0.4 is 9.62 Å². The Balaban J connectivity index is 2.13. The number of rotatable bonds is 3. The van der Waals surface area contributed by atoms with E-state index in [1.54, 1.807) is 0 Å². The number of amides is 1. The Kier molecular flexibility index (Phi) is 4.58. The number of benzene rings is 1. The Morgan fingerprint density at radius 1 is 1.30 bits per heavy atom. The Labute approximate surface area is 156 Å². The lowest BCUT2D eigenvalue weighted by Crippen LogP contribution is -2.51. The van der Waals surface area contributed by atoms with Gasteiger partial charge in [0.05, 0.1) is 29.2 Å². The van der Waals surface area contributed by atoms with Crippen molar-refractivity contribution in [2.24, 2.45) is 4.99 Å². The molecule has 0 aliphatic carbocycles. The van der Waals surface area contributed by atoms with E-state index in [2.05, 4.69) is 9.71 Å². The second-order valence-electron chi connectivity index (χ2n) is 5.69. The van der Waals surface area contributed by atoms with E-state index in [-0.39, 0.29) is 23.8 Å². The van der Waals surface area contributed by atoms with E-state index in [0.717, 1.165) is 23.3 Å². The minimum Gasteiger partial charge on any atom is -0.305 e. The first-order chi connectivity index (χ1) is 12.4. The smallest absolute Gasteiger partial charge is 0.305 e. The third kappa shape index (κ3) is 3.72. The third-order valence-electron chi connectivity index (χ3n) is 3.65. The van der Waals surface area contributed by atoms with Crippen LogP contribution in [0.5, 0.6) is 0 Å². The summed E-state index contributed by atoms with van der Waals surface area (Å²) in [5.74, 6) is -2.61. The van der Waals surface area contributed by atoms with E-state index in [1.807, 2.05) is 0 Å². The lowest BCUT2D eigenvalue weighted by atomic mass is 10.2. The second-order valence-corrected chi connectivity index (χ2v) is 7.85. The van der Waals surface area contributed by atoms with Crippen molar-refractivity contribution in [1.29, 1.82) is 0 Å². The summed E-state index contributed by atoms with van der Waals surface area (Å²) >= 11 is 5.81. The van der Waals surface area contributed by atoms with Gasteiger partial charge in [0.1, 0.15) is 11.5 Å². The molecule has 146 valence electrons. The standard InChI is InChI=1S/C14H11ClF4N4O3S/c1-27(25,26)21-9-5-10(8(16)4-7(9)15)23-12(24)6-11(14(17,18)19)22-3-2-20-13(22)23/h4-6,21H,2-3H2,1H3. The largest absolute Gasteiger partial charge is 0.431 e. The normalized spacial score (nSPS) is 17.6. The van der Waals surface area contributed by atoms with Crippen molar-refractivity contribution in [2.75, 3.05) is 29.0 Å². The number of sulfonamides is 1. The summed E-state index contributed by atoms with van der Waals surface area (Å²) in [5, 5.41) is -0.289. The molecule has 1 aromatic carbocycles. The fourth-order valence-electron chi connectivity index (χ4n) is 2.66. The molecule has 0 saturated carbocycles. The van der Waals surface area contributed by atoms with E-state index in [0.29, 0.717) is 11.0 Å². The van der Waals surface area contributed by atoms with Gasteiger partial charge < -0.3 is 4.90 Å². The van der Waals surface area contributed by atoms with E-state index in [9.17, 15) is 30.8 Å². The molecule has 2 aliphatic heterocycles. The van der Waals surface area contributed by atoms with Crippen LogP contribution in [0.1, 0.15) is 0 Å². The van der Waals surface area contributed by atoms with Gasteiger partial charge in [0.15, 0.2) is 0 Å². The van der Waals surface area contributed by atoms with Crippen LogP contribution in [-0.4, -0.2) is 50.7 Å². The molecule has 13 heteroatoms. The van der Waals surface area contributed by atoms with Gasteiger partial charge in [0, 0.05) is 12.6 Å². The lowest BCUT2D eigenvalue weighted by Gasteiger charge is -2.35. The number of aliphatic imine (C=N–C) groups is 1. The highest BCUT2D eigenvalue weighted by Gasteiger charge is 2.47. The number of hydrogen-bond donors (Lipinski definition) is 1. The van der Waals surface area contributed by atoms with Gasteiger partial charge in [-0.2, -0.15) is 13.2 Å². The summed E-state index contributed by atoms with van der Waals surface area (Å²) in [6, 6.07) is 1.67. The van der Waals surface area contributed by atoms with Crippen molar-refractivity contribution in [3.63, 3.8) is 0 Å². The molecule has 27 heavy (non-hydrogen) atoms. The average molecular weight is 427 g/mol. The van der Waals surface area contributed by atoms with Gasteiger partial charge in [0.2, 0.25) is 16.0 Å². The number of alkyl halides is 3. The zero-order valence-electron chi connectivity index (χ0n) is 13.5. The predicted molar refractivity (Wildman–Crippen MR) is 90.5 cm³/mol. The fraction of sp³-hybridized carbons (Fsp3) is 0.286. The minimum atomic E-state index is -4.80. The highest BCUT2D eigenvalue weighted by Crippen LogP contribution is 2.37. The molecular formula is C14H11ClF4N4O3S. The first-order valence-electron chi connectivity index (χ1n) is 7.30. The molecule has 0 radical (unpaired) electrons. The Bertz CT molecular complexity index is 991. The number of hydrogen-bond acceptors (Lipinski definition) is 5. The number of allylic oxidation sites excluding steroid dienone is 1. The molecule has 1 amide bonds. The molecule has 0 saturated heterocycles. The van der Waals surface area contributed by atoms with Gasteiger partial charge in [-0.1, -0.05) is 11.6 Å². The number of nitrogens with one attached hydrogen (secondary N) is 1. The molecule has 2 aliphatic rings. The monoisotopic (exact) mass is 426 g/mol. The quantitative estimate of drug-likeness (QED) is 0.752. The molecule has 1 N–H and O–H groups in total. The maximum Gasteiger partial charge on any atom is 0.431 e. The van der Waals surface area contributed by atoms with Crippen LogP contribution in [0.4, 0.5) is 28.9 Å². The van der Waals surface area contributed by atoms with Crippen LogP contribution in [0, 0.1) is 5.82 Å². The molecule has 3 rings (SSSR count). The number of carbonyl (C=O) groups excluding carboxylic acids is 1. The van der Waals surface area contributed by atoms with Gasteiger partial charge in [-0.25, -0.2) is 17.7 Å². The van der Waals surface area contributed by atoms with E-state index >= 15 is 0 Å². The summed E-state index contributed by atoms with van der Waals surface area (Å²) in [5.41, 5.74) is -1.93. The van der Waals surface area contributed by atoms with Crippen molar-refractivity contribution < 1.29 is 30.8 Å². The van der Waals surface area contributed by atoms with Gasteiger partial charge >= 0.3 is 6.18 Å². The number of halogens is 5. The maximum atomic E-state index is 14.4. The third-order valence-corrected chi connectivity index (χ3v) is 4.56. The average Bonchev–Trinajstić information content (AvgIpc) is 2.96. The highest BCUT2D eigenvalue weighted by atomic mass is 35.5. The molecule has 2 heterocycles. The summed E-state index contributed by atoms with van der Waals surface area (Å²) in [4.78, 5) is 17.6. The maximum absolute atomic E-state index is 14.4. The van der Waals surface area contributed by atoms with Crippen LogP contribution in [0.2, 0.25) is 5.02 Å². The molecule has 0 unspecified atom stereocenters. The molecule has 0 aromatic heterocycles.